The number of nitrogens with zero attached hydrogens (tertiary/aromatic N) is 4. The third kappa shape index (κ3) is 3.29. The first-order valence-electron chi connectivity index (χ1n) is 7.05. The zero-order valence-electron chi connectivity index (χ0n) is 13.0. The SMILES string of the molecule is COc1ccc(-c2nnn(Cc3c(Cl)cccc3Cl)n2)cc1OC. The fourth-order valence-corrected chi connectivity index (χ4v) is 2.74. The Balaban J connectivity index is 1.88. The highest BCUT2D eigenvalue weighted by molar-refractivity contribution is 6.35. The maximum Gasteiger partial charge on any atom is 0.205 e. The lowest BCUT2D eigenvalue weighted by molar-refractivity contribution is 0.355. The van der Waals surface area contributed by atoms with Crippen molar-refractivity contribution in [2.75, 3.05) is 14.2 Å². The van der Waals surface area contributed by atoms with Gasteiger partial charge in [0.2, 0.25) is 5.82 Å². The first kappa shape index (κ1) is 16.5. The van der Waals surface area contributed by atoms with E-state index in [0.717, 1.165) is 11.1 Å². The van der Waals surface area contributed by atoms with E-state index in [1.807, 2.05) is 6.07 Å². The molecule has 24 heavy (non-hydrogen) atoms. The molecule has 0 aliphatic rings. The molecule has 0 saturated heterocycles. The lowest BCUT2D eigenvalue weighted by Gasteiger charge is -2.07. The summed E-state index contributed by atoms with van der Waals surface area (Å²) in [5.41, 5.74) is 1.52. The Kier molecular flexibility index (Phi) is 4.87. The summed E-state index contributed by atoms with van der Waals surface area (Å²) in [4.78, 5) is 1.44. The Labute approximate surface area is 148 Å². The van der Waals surface area contributed by atoms with Gasteiger partial charge >= 0.3 is 0 Å². The lowest BCUT2D eigenvalue weighted by Crippen LogP contribution is -2.05. The Morgan fingerprint density at radius 3 is 2.38 bits per heavy atom. The van der Waals surface area contributed by atoms with Gasteiger partial charge in [-0.15, -0.1) is 10.2 Å². The number of ether oxygens (including phenoxy) is 2. The Hall–Kier alpha value is -2.31. The lowest BCUT2D eigenvalue weighted by atomic mass is 10.2. The minimum atomic E-state index is 0.332. The average Bonchev–Trinajstić information content (AvgIpc) is 3.06. The van der Waals surface area contributed by atoms with Crippen molar-refractivity contribution in [3.8, 4) is 22.9 Å². The molecule has 0 aliphatic carbocycles. The van der Waals surface area contributed by atoms with Crippen LogP contribution in [0, 0.1) is 0 Å². The summed E-state index contributed by atoms with van der Waals surface area (Å²) in [7, 11) is 3.16. The van der Waals surface area contributed by atoms with Gasteiger partial charge in [-0.2, -0.15) is 4.80 Å². The fourth-order valence-electron chi connectivity index (χ4n) is 2.23. The molecular formula is C16H14Cl2N4O2. The van der Waals surface area contributed by atoms with Crippen LogP contribution in [0.4, 0.5) is 0 Å². The number of methoxy groups -OCH3 is 2. The van der Waals surface area contributed by atoms with Gasteiger partial charge in [0.05, 0.1) is 20.8 Å². The van der Waals surface area contributed by atoms with Gasteiger partial charge in [-0.3, -0.25) is 0 Å². The summed E-state index contributed by atoms with van der Waals surface area (Å²) >= 11 is 12.3. The molecule has 1 heterocycles. The number of rotatable bonds is 5. The highest BCUT2D eigenvalue weighted by atomic mass is 35.5. The molecular weight excluding hydrogens is 351 g/mol. The second kappa shape index (κ2) is 7.07. The van der Waals surface area contributed by atoms with Gasteiger partial charge in [0.15, 0.2) is 11.5 Å². The molecule has 0 N–H and O–H groups in total. The van der Waals surface area contributed by atoms with Gasteiger partial charge in [0.25, 0.3) is 0 Å². The second-order valence-corrected chi connectivity index (χ2v) is 5.73. The predicted molar refractivity (Wildman–Crippen MR) is 91.9 cm³/mol. The molecule has 0 radical (unpaired) electrons. The van der Waals surface area contributed by atoms with Crippen molar-refractivity contribution in [3.05, 3.63) is 52.0 Å². The van der Waals surface area contributed by atoms with E-state index in [4.69, 9.17) is 32.7 Å². The molecule has 8 heteroatoms. The van der Waals surface area contributed by atoms with Crippen molar-refractivity contribution < 1.29 is 9.47 Å². The van der Waals surface area contributed by atoms with E-state index < -0.39 is 0 Å². The first-order valence-corrected chi connectivity index (χ1v) is 7.81. The quantitative estimate of drug-likeness (QED) is 0.690. The molecule has 0 spiro atoms. The Morgan fingerprint density at radius 1 is 1.00 bits per heavy atom. The predicted octanol–water partition coefficient (Wildman–Crippen LogP) is 3.71. The van der Waals surface area contributed by atoms with Crippen molar-refractivity contribution >= 4 is 23.2 Å². The third-order valence-corrected chi connectivity index (χ3v) is 4.16. The van der Waals surface area contributed by atoms with Gasteiger partial charge in [-0.1, -0.05) is 29.3 Å². The summed E-state index contributed by atoms with van der Waals surface area (Å²) < 4.78 is 10.5. The van der Waals surface area contributed by atoms with E-state index in [2.05, 4.69) is 15.4 Å². The summed E-state index contributed by atoms with van der Waals surface area (Å²) in [6, 6.07) is 10.8. The van der Waals surface area contributed by atoms with Gasteiger partial charge < -0.3 is 9.47 Å². The molecule has 6 nitrogen and oxygen atoms in total. The normalized spacial score (nSPS) is 10.7. The molecule has 0 saturated carbocycles. The maximum atomic E-state index is 6.17. The Bertz CT molecular complexity index is 847. The van der Waals surface area contributed by atoms with Gasteiger partial charge in [-0.05, 0) is 35.5 Å². The minimum absolute atomic E-state index is 0.332. The van der Waals surface area contributed by atoms with Crippen LogP contribution in [0.3, 0.4) is 0 Å². The van der Waals surface area contributed by atoms with E-state index in [1.54, 1.807) is 44.6 Å². The van der Waals surface area contributed by atoms with E-state index >= 15 is 0 Å². The van der Waals surface area contributed by atoms with Crippen LogP contribution in [-0.2, 0) is 6.54 Å². The van der Waals surface area contributed by atoms with Crippen LogP contribution in [0.25, 0.3) is 11.4 Å². The van der Waals surface area contributed by atoms with Crippen molar-refractivity contribution in [1.29, 1.82) is 0 Å². The first-order chi connectivity index (χ1) is 11.6. The number of hydrogen-bond donors (Lipinski definition) is 0. The van der Waals surface area contributed by atoms with Crippen LogP contribution in [0.1, 0.15) is 5.56 Å². The standard InChI is InChI=1S/C16H14Cl2N4O2/c1-23-14-7-6-10(8-15(14)24-2)16-19-21-22(20-16)9-11-12(17)4-3-5-13(11)18/h3-8H,9H2,1-2H3. The van der Waals surface area contributed by atoms with Gasteiger partial charge in [0.1, 0.15) is 0 Å². The van der Waals surface area contributed by atoms with Crippen LogP contribution in [0.15, 0.2) is 36.4 Å². The molecule has 0 unspecified atom stereocenters. The average molecular weight is 365 g/mol. The highest BCUT2D eigenvalue weighted by Gasteiger charge is 2.12. The molecule has 0 atom stereocenters. The minimum Gasteiger partial charge on any atom is -0.493 e. The Morgan fingerprint density at radius 2 is 1.71 bits per heavy atom. The summed E-state index contributed by atoms with van der Waals surface area (Å²) in [5, 5.41) is 13.6. The van der Waals surface area contributed by atoms with Crippen LogP contribution in [0.5, 0.6) is 11.5 Å². The molecule has 0 aliphatic heterocycles. The second-order valence-electron chi connectivity index (χ2n) is 4.91. The summed E-state index contributed by atoms with van der Waals surface area (Å²) in [6.45, 7) is 0.332. The number of halogens is 2. The molecule has 3 aromatic rings. The summed E-state index contributed by atoms with van der Waals surface area (Å²) in [5.74, 6) is 1.70. The third-order valence-electron chi connectivity index (χ3n) is 3.46. The monoisotopic (exact) mass is 364 g/mol. The van der Waals surface area contributed by atoms with Crippen LogP contribution in [0.2, 0.25) is 10.0 Å². The molecule has 0 amide bonds. The molecule has 124 valence electrons. The molecule has 0 fully saturated rings. The van der Waals surface area contributed by atoms with E-state index in [0.29, 0.717) is 33.9 Å². The topological polar surface area (TPSA) is 62.1 Å². The molecule has 1 aromatic heterocycles. The number of hydrogen-bond acceptors (Lipinski definition) is 5. The van der Waals surface area contributed by atoms with E-state index in [1.165, 1.54) is 4.80 Å². The zero-order chi connectivity index (χ0) is 17.1. The maximum absolute atomic E-state index is 6.17. The fraction of sp³-hybridized carbons (Fsp3) is 0.188. The van der Waals surface area contributed by atoms with Gasteiger partial charge in [-0.25, -0.2) is 0 Å². The molecule has 2 aromatic carbocycles. The number of aromatic nitrogens is 4. The number of tetrazole rings is 1. The van der Waals surface area contributed by atoms with Crippen molar-refractivity contribution in [2.45, 2.75) is 6.54 Å². The van der Waals surface area contributed by atoms with Crippen LogP contribution < -0.4 is 9.47 Å². The number of benzene rings is 2. The summed E-state index contributed by atoms with van der Waals surface area (Å²) in [6.07, 6.45) is 0. The zero-order valence-corrected chi connectivity index (χ0v) is 14.5. The molecule has 3 rings (SSSR count). The van der Waals surface area contributed by atoms with Gasteiger partial charge in [0, 0.05) is 21.2 Å². The van der Waals surface area contributed by atoms with Crippen LogP contribution >= 0.6 is 23.2 Å². The van der Waals surface area contributed by atoms with E-state index in [9.17, 15) is 0 Å². The van der Waals surface area contributed by atoms with Crippen molar-refractivity contribution in [1.82, 2.24) is 20.2 Å². The largest absolute Gasteiger partial charge is 0.493 e. The van der Waals surface area contributed by atoms with Crippen molar-refractivity contribution in [3.63, 3.8) is 0 Å². The highest BCUT2D eigenvalue weighted by Crippen LogP contribution is 2.31. The van der Waals surface area contributed by atoms with E-state index in [-0.39, 0.29) is 0 Å². The molecule has 0 bridgehead atoms. The smallest absolute Gasteiger partial charge is 0.205 e. The van der Waals surface area contributed by atoms with Crippen molar-refractivity contribution in [2.24, 2.45) is 0 Å². The van der Waals surface area contributed by atoms with Crippen LogP contribution in [-0.4, -0.2) is 34.4 Å².